The first-order valence-electron chi connectivity index (χ1n) is 7.79. The summed E-state index contributed by atoms with van der Waals surface area (Å²) >= 11 is 0. The summed E-state index contributed by atoms with van der Waals surface area (Å²) in [6, 6.07) is 5.24. The Morgan fingerprint density at radius 2 is 2.19 bits per heavy atom. The van der Waals surface area contributed by atoms with Gasteiger partial charge in [0.25, 0.3) is 0 Å². The van der Waals surface area contributed by atoms with E-state index < -0.39 is 5.97 Å². The number of carboxylic acid groups (broad SMARTS) is 1. The Bertz CT molecular complexity index is 546. The lowest BCUT2D eigenvalue weighted by Crippen LogP contribution is -2.45. The van der Waals surface area contributed by atoms with Crippen LogP contribution in [0.4, 0.5) is 4.39 Å². The number of benzene rings is 1. The molecule has 3 rings (SSSR count). The van der Waals surface area contributed by atoms with E-state index in [4.69, 9.17) is 0 Å². The molecule has 1 aromatic rings. The van der Waals surface area contributed by atoms with Gasteiger partial charge in [0.15, 0.2) is 0 Å². The monoisotopic (exact) mass is 291 g/mol. The Kier molecular flexibility index (Phi) is 3.98. The maximum Gasteiger partial charge on any atom is 0.307 e. The first kappa shape index (κ1) is 14.5. The second-order valence-corrected chi connectivity index (χ2v) is 6.58. The maximum absolute atomic E-state index is 13.6. The molecule has 1 aromatic carbocycles. The van der Waals surface area contributed by atoms with Gasteiger partial charge in [0.1, 0.15) is 5.82 Å². The lowest BCUT2D eigenvalue weighted by Gasteiger charge is -2.42. The second-order valence-electron chi connectivity index (χ2n) is 6.58. The van der Waals surface area contributed by atoms with Crippen molar-refractivity contribution in [2.24, 2.45) is 11.8 Å². The number of fused-ring (bicyclic) bond motifs is 1. The summed E-state index contributed by atoms with van der Waals surface area (Å²) in [5.41, 5.74) is 2.29. The molecule has 0 bridgehead atoms. The minimum absolute atomic E-state index is 0.175. The van der Waals surface area contributed by atoms with Crippen molar-refractivity contribution in [1.29, 1.82) is 0 Å². The lowest BCUT2D eigenvalue weighted by molar-refractivity contribution is -0.144. The molecule has 0 radical (unpaired) electrons. The minimum atomic E-state index is -0.707. The van der Waals surface area contributed by atoms with Gasteiger partial charge in [-0.2, -0.15) is 0 Å². The van der Waals surface area contributed by atoms with E-state index >= 15 is 0 Å². The molecule has 2 aliphatic rings. The third-order valence-electron chi connectivity index (χ3n) is 4.87. The van der Waals surface area contributed by atoms with E-state index in [9.17, 15) is 14.3 Å². The number of hydrogen-bond acceptors (Lipinski definition) is 2. The lowest BCUT2D eigenvalue weighted by atomic mass is 9.83. The Morgan fingerprint density at radius 1 is 1.38 bits per heavy atom. The SMILES string of the molecule is CC1CC(C(=O)O)CN(C2CCCc3ccc(F)cc32)C1. The second kappa shape index (κ2) is 5.76. The van der Waals surface area contributed by atoms with Crippen molar-refractivity contribution in [3.05, 3.63) is 35.1 Å². The summed E-state index contributed by atoms with van der Waals surface area (Å²) in [5.74, 6) is -0.825. The summed E-state index contributed by atoms with van der Waals surface area (Å²) in [6.07, 6.45) is 3.83. The van der Waals surface area contributed by atoms with Gasteiger partial charge < -0.3 is 5.11 Å². The van der Waals surface area contributed by atoms with Gasteiger partial charge in [-0.15, -0.1) is 0 Å². The Morgan fingerprint density at radius 3 is 2.95 bits per heavy atom. The molecular weight excluding hydrogens is 269 g/mol. The first-order valence-corrected chi connectivity index (χ1v) is 7.79. The highest BCUT2D eigenvalue weighted by atomic mass is 19.1. The normalized spacial score (nSPS) is 29.9. The number of aryl methyl sites for hydroxylation is 1. The fraction of sp³-hybridized carbons (Fsp3) is 0.588. The quantitative estimate of drug-likeness (QED) is 0.909. The van der Waals surface area contributed by atoms with Crippen molar-refractivity contribution in [1.82, 2.24) is 4.90 Å². The molecule has 0 spiro atoms. The Hall–Kier alpha value is -1.42. The summed E-state index contributed by atoms with van der Waals surface area (Å²) in [7, 11) is 0. The van der Waals surface area contributed by atoms with Gasteiger partial charge in [0.2, 0.25) is 0 Å². The fourth-order valence-electron chi connectivity index (χ4n) is 3.95. The van der Waals surface area contributed by atoms with Crippen LogP contribution in [0.2, 0.25) is 0 Å². The van der Waals surface area contributed by atoms with Gasteiger partial charge in [-0.1, -0.05) is 13.0 Å². The van der Waals surface area contributed by atoms with Gasteiger partial charge in [0.05, 0.1) is 5.92 Å². The zero-order valence-corrected chi connectivity index (χ0v) is 12.4. The highest BCUT2D eigenvalue weighted by molar-refractivity contribution is 5.70. The molecule has 1 aliphatic carbocycles. The molecule has 0 amide bonds. The number of carboxylic acids is 1. The average Bonchev–Trinajstić information content (AvgIpc) is 2.45. The van der Waals surface area contributed by atoms with Gasteiger partial charge >= 0.3 is 5.97 Å². The van der Waals surface area contributed by atoms with Crippen LogP contribution in [-0.2, 0) is 11.2 Å². The molecule has 114 valence electrons. The van der Waals surface area contributed by atoms with Crippen LogP contribution >= 0.6 is 0 Å². The predicted octanol–water partition coefficient (Wildman–Crippen LogP) is 3.25. The Labute approximate surface area is 124 Å². The number of halogens is 1. The molecule has 1 fully saturated rings. The number of hydrogen-bond donors (Lipinski definition) is 1. The number of nitrogens with zero attached hydrogens (tertiary/aromatic N) is 1. The fourth-order valence-corrected chi connectivity index (χ4v) is 3.95. The molecule has 3 atom stereocenters. The topological polar surface area (TPSA) is 40.5 Å². The number of aliphatic carboxylic acids is 1. The highest BCUT2D eigenvalue weighted by Gasteiger charge is 2.35. The summed E-state index contributed by atoms with van der Waals surface area (Å²) in [4.78, 5) is 13.6. The van der Waals surface area contributed by atoms with E-state index in [1.165, 1.54) is 11.6 Å². The van der Waals surface area contributed by atoms with E-state index in [1.54, 1.807) is 6.07 Å². The van der Waals surface area contributed by atoms with Crippen molar-refractivity contribution in [3.8, 4) is 0 Å². The molecule has 21 heavy (non-hydrogen) atoms. The summed E-state index contributed by atoms with van der Waals surface area (Å²) in [6.45, 7) is 3.60. The van der Waals surface area contributed by atoms with Crippen molar-refractivity contribution < 1.29 is 14.3 Å². The first-order chi connectivity index (χ1) is 10.0. The molecule has 3 unspecified atom stereocenters. The Balaban J connectivity index is 1.87. The number of piperidine rings is 1. The highest BCUT2D eigenvalue weighted by Crippen LogP contribution is 2.37. The van der Waals surface area contributed by atoms with Crippen molar-refractivity contribution in [3.63, 3.8) is 0 Å². The number of carbonyl (C=O) groups is 1. The van der Waals surface area contributed by atoms with Crippen LogP contribution in [0.1, 0.15) is 43.4 Å². The third-order valence-corrected chi connectivity index (χ3v) is 4.87. The van der Waals surface area contributed by atoms with E-state index in [0.717, 1.165) is 37.8 Å². The molecular formula is C17H22FNO2. The van der Waals surface area contributed by atoms with Crippen LogP contribution in [0.25, 0.3) is 0 Å². The van der Waals surface area contributed by atoms with Crippen molar-refractivity contribution in [2.75, 3.05) is 13.1 Å². The van der Waals surface area contributed by atoms with Crippen LogP contribution in [0.5, 0.6) is 0 Å². The van der Waals surface area contributed by atoms with E-state index in [0.29, 0.717) is 12.5 Å². The van der Waals surface area contributed by atoms with Crippen LogP contribution in [0.3, 0.4) is 0 Å². The van der Waals surface area contributed by atoms with Crippen molar-refractivity contribution in [2.45, 2.75) is 38.6 Å². The van der Waals surface area contributed by atoms with Gasteiger partial charge in [-0.3, -0.25) is 9.69 Å². The molecule has 1 heterocycles. The average molecular weight is 291 g/mol. The van der Waals surface area contributed by atoms with Crippen LogP contribution in [-0.4, -0.2) is 29.1 Å². The zero-order valence-electron chi connectivity index (χ0n) is 12.4. The third kappa shape index (κ3) is 2.95. The predicted molar refractivity (Wildman–Crippen MR) is 78.6 cm³/mol. The summed E-state index contributed by atoms with van der Waals surface area (Å²) in [5, 5.41) is 9.32. The van der Waals surface area contributed by atoms with E-state index in [-0.39, 0.29) is 17.8 Å². The smallest absolute Gasteiger partial charge is 0.307 e. The molecule has 1 saturated heterocycles. The largest absolute Gasteiger partial charge is 0.481 e. The van der Waals surface area contributed by atoms with Gasteiger partial charge in [-0.05, 0) is 54.9 Å². The minimum Gasteiger partial charge on any atom is -0.481 e. The van der Waals surface area contributed by atoms with Crippen molar-refractivity contribution >= 4 is 5.97 Å². The number of rotatable bonds is 2. The van der Waals surface area contributed by atoms with Crippen LogP contribution in [0.15, 0.2) is 18.2 Å². The van der Waals surface area contributed by atoms with E-state index in [1.807, 2.05) is 6.07 Å². The van der Waals surface area contributed by atoms with Crippen LogP contribution < -0.4 is 0 Å². The van der Waals surface area contributed by atoms with E-state index in [2.05, 4.69) is 11.8 Å². The molecule has 1 N–H and O–H groups in total. The van der Waals surface area contributed by atoms with Gasteiger partial charge in [0, 0.05) is 19.1 Å². The van der Waals surface area contributed by atoms with Gasteiger partial charge in [-0.25, -0.2) is 4.39 Å². The molecule has 1 aliphatic heterocycles. The maximum atomic E-state index is 13.6. The molecule has 4 heteroatoms. The summed E-state index contributed by atoms with van der Waals surface area (Å²) < 4.78 is 13.6. The zero-order chi connectivity index (χ0) is 15.0. The standard InChI is InChI=1S/C17H22FNO2/c1-11-7-13(17(20)21)10-19(9-11)16-4-2-3-12-5-6-14(18)8-15(12)16/h5-6,8,11,13,16H,2-4,7,9-10H2,1H3,(H,20,21). The molecule has 0 saturated carbocycles. The molecule has 3 nitrogen and oxygen atoms in total. The molecule has 0 aromatic heterocycles. The number of likely N-dealkylation sites (tertiary alicyclic amines) is 1. The van der Waals surface area contributed by atoms with Crippen LogP contribution in [0, 0.1) is 17.7 Å².